The fraction of sp³-hybridized carbons (Fsp3) is 0.469. The van der Waals surface area contributed by atoms with Crippen molar-refractivity contribution in [3.8, 4) is 0 Å². The molecule has 5 N–H and O–H groups in total. The Morgan fingerprint density at radius 1 is 0.925 bits per heavy atom. The first-order chi connectivity index (χ1) is 32.3. The van der Waals surface area contributed by atoms with Crippen molar-refractivity contribution >= 4 is 70.1 Å². The van der Waals surface area contributed by atoms with E-state index >= 15 is 0 Å². The third-order valence-electron chi connectivity index (χ3n) is 13.8. The number of pyridine rings is 1. The van der Waals surface area contributed by atoms with Crippen molar-refractivity contribution in [1.29, 1.82) is 0 Å². The number of hydrogen-bond acceptors (Lipinski definition) is 13. The molecule has 352 valence electrons. The predicted octanol–water partition coefficient (Wildman–Crippen LogP) is 5.79. The summed E-state index contributed by atoms with van der Waals surface area (Å²) in [5.41, 5.74) is 10.3. The average Bonchev–Trinajstić information content (AvgIpc) is 3.88. The summed E-state index contributed by atoms with van der Waals surface area (Å²) in [6, 6.07) is 16.1. The first-order valence-corrected chi connectivity index (χ1v) is 24.6. The molecule has 0 aliphatic carbocycles. The zero-order valence-electron chi connectivity index (χ0n) is 37.9. The summed E-state index contributed by atoms with van der Waals surface area (Å²) in [4.78, 5) is 86.3. The Kier molecular flexibility index (Phi) is 13.8. The Bertz CT molecular complexity index is 2530. The number of nitrogens with one attached hydrogen (secondary N) is 3. The number of hydrogen-bond donors (Lipinski definition) is 4. The first kappa shape index (κ1) is 46.5. The van der Waals surface area contributed by atoms with Gasteiger partial charge in [0, 0.05) is 92.3 Å². The van der Waals surface area contributed by atoms with Gasteiger partial charge < -0.3 is 36.0 Å². The number of rotatable bonds is 16. The van der Waals surface area contributed by atoms with Gasteiger partial charge in [-0.15, -0.1) is 0 Å². The van der Waals surface area contributed by atoms with Gasteiger partial charge in [0.1, 0.15) is 22.6 Å². The van der Waals surface area contributed by atoms with Crippen LogP contribution in [0.1, 0.15) is 103 Å². The molecular formula is C49H58ClN11O5S. The number of anilines is 3. The van der Waals surface area contributed by atoms with Gasteiger partial charge in [0.05, 0.1) is 18.1 Å². The molecule has 2 aromatic heterocycles. The molecule has 5 aliphatic heterocycles. The summed E-state index contributed by atoms with van der Waals surface area (Å²) in [6.07, 6.45) is 11.6. The second-order valence-corrected chi connectivity index (χ2v) is 20.6. The van der Waals surface area contributed by atoms with Gasteiger partial charge in [-0.05, 0) is 99.5 Å². The highest BCUT2D eigenvalue weighted by atomic mass is 35.5. The van der Waals surface area contributed by atoms with Gasteiger partial charge in [0.25, 0.3) is 11.8 Å². The number of benzene rings is 2. The summed E-state index contributed by atoms with van der Waals surface area (Å²) in [7, 11) is 0. The van der Waals surface area contributed by atoms with Crippen molar-refractivity contribution in [2.75, 3.05) is 60.9 Å². The van der Waals surface area contributed by atoms with Crippen LogP contribution < -0.4 is 31.5 Å². The van der Waals surface area contributed by atoms with E-state index in [0.717, 1.165) is 129 Å². The molecule has 5 aliphatic rings. The molecule has 16 nitrogen and oxygen atoms in total. The molecule has 0 saturated carbocycles. The van der Waals surface area contributed by atoms with Crippen LogP contribution >= 0.6 is 23.4 Å². The minimum Gasteiger partial charge on any atom is -0.368 e. The molecule has 9 rings (SSSR count). The normalized spacial score (nSPS) is 19.9. The summed E-state index contributed by atoms with van der Waals surface area (Å²) in [6.45, 7) is 9.27. The summed E-state index contributed by atoms with van der Waals surface area (Å²) in [5.74, 6) is -0.465. The van der Waals surface area contributed by atoms with Gasteiger partial charge in [-0.3, -0.25) is 29.3 Å². The van der Waals surface area contributed by atoms with Crippen molar-refractivity contribution < 1.29 is 24.0 Å². The van der Waals surface area contributed by atoms with Gasteiger partial charge in [-0.2, -0.15) is 0 Å². The molecule has 0 bridgehead atoms. The number of imide groups is 1. The number of aromatic nitrogens is 3. The number of nitrogens with two attached hydrogens (primary N) is 1. The highest BCUT2D eigenvalue weighted by Crippen LogP contribution is 2.42. The van der Waals surface area contributed by atoms with Crippen LogP contribution in [0, 0.1) is 5.41 Å². The topological polar surface area (TPSA) is 199 Å². The highest BCUT2D eigenvalue weighted by Gasteiger charge is 2.47. The molecular weight excluding hydrogens is 890 g/mol. The number of unbranched alkanes of at least 4 members (excludes halogenated alkanes) is 3. The van der Waals surface area contributed by atoms with Crippen LogP contribution in [0.5, 0.6) is 0 Å². The molecule has 67 heavy (non-hydrogen) atoms. The van der Waals surface area contributed by atoms with Crippen LogP contribution in [-0.4, -0.2) is 112 Å². The first-order valence-electron chi connectivity index (χ1n) is 23.4. The largest absolute Gasteiger partial charge is 0.368 e. The van der Waals surface area contributed by atoms with Crippen LogP contribution in [0.2, 0.25) is 5.15 Å². The van der Waals surface area contributed by atoms with Crippen LogP contribution in [0.4, 0.5) is 17.2 Å². The lowest BCUT2D eigenvalue weighted by Crippen LogP contribution is -2.57. The number of piperidine rings is 2. The van der Waals surface area contributed by atoms with E-state index in [1.807, 2.05) is 48.8 Å². The summed E-state index contributed by atoms with van der Waals surface area (Å²) in [5, 5.41) is 9.40. The van der Waals surface area contributed by atoms with Gasteiger partial charge in [0.15, 0.2) is 5.15 Å². The molecule has 2 aromatic carbocycles. The third-order valence-corrected chi connectivity index (χ3v) is 15.0. The molecule has 7 heterocycles. The van der Waals surface area contributed by atoms with Gasteiger partial charge in [-0.25, -0.2) is 15.0 Å². The Balaban J connectivity index is 0.646. The second-order valence-electron chi connectivity index (χ2n) is 19.2. The van der Waals surface area contributed by atoms with Crippen molar-refractivity contribution in [1.82, 2.24) is 35.4 Å². The monoisotopic (exact) mass is 947 g/mol. The number of halogens is 1. The van der Waals surface area contributed by atoms with E-state index < -0.39 is 11.9 Å². The van der Waals surface area contributed by atoms with Crippen molar-refractivity contribution in [2.24, 2.45) is 11.1 Å². The van der Waals surface area contributed by atoms with Gasteiger partial charge >= 0.3 is 0 Å². The molecule has 18 heteroatoms. The number of amides is 5. The van der Waals surface area contributed by atoms with Crippen LogP contribution in [0.15, 0.2) is 76.9 Å². The Labute approximate surface area is 400 Å². The number of likely N-dealkylation sites (tertiary alicyclic amines) is 1. The maximum Gasteiger partial charge on any atom is 0.270 e. The minimum absolute atomic E-state index is 0.0279. The van der Waals surface area contributed by atoms with Gasteiger partial charge in [-0.1, -0.05) is 54.4 Å². The van der Waals surface area contributed by atoms with Gasteiger partial charge in [0.2, 0.25) is 17.7 Å². The number of fused-ring (bicyclic) bond motifs is 1. The molecule has 4 fully saturated rings. The smallest absolute Gasteiger partial charge is 0.270 e. The van der Waals surface area contributed by atoms with Crippen molar-refractivity contribution in [3.63, 3.8) is 0 Å². The van der Waals surface area contributed by atoms with Crippen LogP contribution in [0.3, 0.4) is 0 Å². The van der Waals surface area contributed by atoms with Crippen molar-refractivity contribution in [3.05, 3.63) is 94.5 Å². The summed E-state index contributed by atoms with van der Waals surface area (Å²) < 4.78 is 0. The van der Waals surface area contributed by atoms with E-state index in [1.165, 1.54) is 16.7 Å². The quantitative estimate of drug-likeness (QED) is 0.0599. The molecule has 1 spiro atoms. The lowest BCUT2D eigenvalue weighted by molar-refractivity contribution is -0.137. The number of nitrogens with zero attached hydrogens (tertiary/aromatic N) is 7. The molecule has 5 amide bonds. The molecule has 4 aromatic rings. The Morgan fingerprint density at radius 3 is 2.51 bits per heavy atom. The zero-order valence-corrected chi connectivity index (χ0v) is 39.5. The molecule has 1 atom stereocenters. The van der Waals surface area contributed by atoms with E-state index in [-0.39, 0.29) is 59.8 Å². The molecule has 1 unspecified atom stereocenters. The lowest BCUT2D eigenvalue weighted by Gasteiger charge is -2.48. The predicted molar refractivity (Wildman–Crippen MR) is 257 cm³/mol. The fourth-order valence-corrected chi connectivity index (χ4v) is 11.0. The fourth-order valence-electron chi connectivity index (χ4n) is 9.99. The Morgan fingerprint density at radius 2 is 1.73 bits per heavy atom. The number of carbonyl (C=O) groups is 5. The van der Waals surface area contributed by atoms with E-state index in [4.69, 9.17) is 17.3 Å². The average molecular weight is 949 g/mol. The zero-order chi connectivity index (χ0) is 46.7. The van der Waals surface area contributed by atoms with Crippen LogP contribution in [-0.2, 0) is 27.5 Å². The third kappa shape index (κ3) is 11.1. The molecule has 0 radical (unpaired) electrons. The lowest BCUT2D eigenvalue weighted by atomic mass is 9.79. The maximum absolute atomic E-state index is 13.1. The maximum atomic E-state index is 13.1. The van der Waals surface area contributed by atoms with Crippen LogP contribution in [0.25, 0.3) is 0 Å². The number of carbonyl (C=O) groups excluding carboxylic acids is 5. The van der Waals surface area contributed by atoms with E-state index in [0.29, 0.717) is 23.6 Å². The van der Waals surface area contributed by atoms with E-state index in [1.54, 1.807) is 18.2 Å². The van der Waals surface area contributed by atoms with E-state index in [9.17, 15) is 24.0 Å². The Hall–Kier alpha value is -5.62. The molecule has 4 saturated heterocycles. The SMILES string of the molecule is CC1(N)CCN(c2cnc(Sc3cccc(NC(=O)CCCCCCN4CC5(CCN(c6ccc(C(=O)NCc7ccc8c(c7)CN(C7CCC(=O)NC7=O)C8=O)nc6Cl)C5)C4)c3)cn2)CC1. The standard InChI is InChI=1S/C49H58ClN11O5S/c1-48(51)16-20-59(21-17-48)40-26-53-43(27-52-40)67-35-8-6-7-34(24-35)55-41(62)9-4-2-3-5-19-58-29-49(30-58)18-22-60(31-49)38-13-12-37(56-44(38)50)45(64)54-25-32-10-11-36-33(23-32)28-61(47(36)66)39-14-15-42(63)57-46(39)65/h6-8,10-13,23-24,26-27,39H,2-5,9,14-22,25,28-31,51H2,1H3,(H,54,64)(H,55,62)(H,57,63,65). The van der Waals surface area contributed by atoms with E-state index in [2.05, 4.69) is 52.5 Å². The second kappa shape index (κ2) is 19.9. The highest BCUT2D eigenvalue weighted by molar-refractivity contribution is 7.99. The minimum atomic E-state index is -0.681. The van der Waals surface area contributed by atoms with Crippen molar-refractivity contribution in [2.45, 2.75) is 106 Å². The summed E-state index contributed by atoms with van der Waals surface area (Å²) >= 11 is 8.22.